The topological polar surface area (TPSA) is 66.9 Å². The van der Waals surface area contributed by atoms with Crippen molar-refractivity contribution in [1.82, 2.24) is 0 Å². The molecule has 0 aromatic heterocycles. The molecule has 0 bridgehead atoms. The molecule has 0 aromatic rings. The van der Waals surface area contributed by atoms with Crippen LogP contribution in [0.2, 0.25) is 0 Å². The molecular weight excluding hydrogens is 292 g/mol. The molecule has 0 saturated heterocycles. The van der Waals surface area contributed by atoms with Crippen LogP contribution in [-0.2, 0) is 4.79 Å². The predicted octanol–water partition coefficient (Wildman–Crippen LogP) is 4.06. The van der Waals surface area contributed by atoms with Crippen LogP contribution in [0.3, 0.4) is 0 Å². The van der Waals surface area contributed by atoms with E-state index in [4.69, 9.17) is 11.0 Å². The Balaban J connectivity index is 3.57. The summed E-state index contributed by atoms with van der Waals surface area (Å²) in [6.45, 7) is 12.0. The first kappa shape index (κ1) is 18.3. The van der Waals surface area contributed by atoms with Gasteiger partial charge in [0, 0.05) is 11.1 Å². The van der Waals surface area contributed by atoms with E-state index in [0.29, 0.717) is 5.57 Å². The van der Waals surface area contributed by atoms with E-state index in [1.165, 1.54) is 0 Å². The third-order valence-electron chi connectivity index (χ3n) is 3.43. The van der Waals surface area contributed by atoms with Crippen molar-refractivity contribution in [3.8, 4) is 6.07 Å². The standard InChI is InChI=1S/C18H24N2OS/c1-17(2,3)13-8-11(7-12(10-19)16(20)22)9-14(15(13)21)18(4,5)6/h7-9,22H,20H2,1-6H3/b16-12+. The van der Waals surface area contributed by atoms with Crippen molar-refractivity contribution in [3.63, 3.8) is 0 Å². The number of thiol groups is 1. The Hall–Kier alpha value is -1.73. The van der Waals surface area contributed by atoms with Gasteiger partial charge in [-0.05, 0) is 34.6 Å². The molecule has 0 spiro atoms. The van der Waals surface area contributed by atoms with Crippen LogP contribution in [0.1, 0.15) is 41.5 Å². The second kappa shape index (κ2) is 6.18. The van der Waals surface area contributed by atoms with Crippen molar-refractivity contribution in [2.75, 3.05) is 0 Å². The highest BCUT2D eigenvalue weighted by Gasteiger charge is 2.33. The molecule has 1 rings (SSSR count). The van der Waals surface area contributed by atoms with Gasteiger partial charge in [-0.1, -0.05) is 41.5 Å². The Labute approximate surface area is 138 Å². The van der Waals surface area contributed by atoms with Crippen molar-refractivity contribution < 1.29 is 4.79 Å². The number of hydrogen-bond acceptors (Lipinski definition) is 4. The van der Waals surface area contributed by atoms with Gasteiger partial charge in [0.2, 0.25) is 0 Å². The monoisotopic (exact) mass is 316 g/mol. The van der Waals surface area contributed by atoms with Gasteiger partial charge in [0.25, 0.3) is 0 Å². The zero-order valence-electron chi connectivity index (χ0n) is 14.1. The average molecular weight is 316 g/mol. The Bertz CT molecular complexity index is 617. The fourth-order valence-electron chi connectivity index (χ4n) is 2.18. The van der Waals surface area contributed by atoms with Gasteiger partial charge in [-0.2, -0.15) is 5.26 Å². The number of allylic oxidation sites excluding steroid dienone is 7. The summed E-state index contributed by atoms with van der Waals surface area (Å²) in [5.41, 5.74) is 7.62. The summed E-state index contributed by atoms with van der Waals surface area (Å²) in [4.78, 5) is 12.8. The first-order chi connectivity index (χ1) is 9.87. The van der Waals surface area contributed by atoms with E-state index in [1.54, 1.807) is 6.08 Å². The lowest BCUT2D eigenvalue weighted by molar-refractivity contribution is -0.114. The highest BCUT2D eigenvalue weighted by atomic mass is 32.1. The number of nitriles is 1. The van der Waals surface area contributed by atoms with E-state index in [-0.39, 0.29) is 21.6 Å². The minimum Gasteiger partial charge on any atom is -0.393 e. The number of nitrogens with two attached hydrogens (primary N) is 1. The fourth-order valence-corrected chi connectivity index (χ4v) is 2.29. The minimum atomic E-state index is -0.274. The maximum atomic E-state index is 12.8. The smallest absolute Gasteiger partial charge is 0.186 e. The zero-order valence-corrected chi connectivity index (χ0v) is 15.0. The van der Waals surface area contributed by atoms with Crippen molar-refractivity contribution in [2.24, 2.45) is 16.6 Å². The van der Waals surface area contributed by atoms with Crippen molar-refractivity contribution >= 4 is 18.4 Å². The maximum absolute atomic E-state index is 12.8. The number of nitrogens with zero attached hydrogens (tertiary/aromatic N) is 1. The van der Waals surface area contributed by atoms with Gasteiger partial charge in [-0.3, -0.25) is 4.79 Å². The molecule has 2 N–H and O–H groups in total. The molecule has 0 atom stereocenters. The number of Topliss-reactive ketones (excluding diaryl/α,β-unsaturated/α-hetero) is 1. The SMILES string of the molecule is CC(C)(C)C1=CC(=C/C(C#N)=C(/N)S)C=C(C(C)(C)C)C1=O. The summed E-state index contributed by atoms with van der Waals surface area (Å²) in [6, 6.07) is 2.03. The van der Waals surface area contributed by atoms with Crippen LogP contribution in [0.15, 0.2) is 45.5 Å². The second-order valence-electron chi connectivity index (χ2n) is 7.50. The van der Waals surface area contributed by atoms with Gasteiger partial charge in [0.05, 0.1) is 10.6 Å². The average Bonchev–Trinajstić information content (AvgIpc) is 2.34. The largest absolute Gasteiger partial charge is 0.393 e. The number of carbonyl (C=O) groups is 1. The first-order valence-electron chi connectivity index (χ1n) is 7.17. The first-order valence-corrected chi connectivity index (χ1v) is 7.62. The van der Waals surface area contributed by atoms with Crippen LogP contribution in [-0.4, -0.2) is 5.78 Å². The predicted molar refractivity (Wildman–Crippen MR) is 94.0 cm³/mol. The molecule has 22 heavy (non-hydrogen) atoms. The van der Waals surface area contributed by atoms with Gasteiger partial charge in [0.15, 0.2) is 5.78 Å². The van der Waals surface area contributed by atoms with Gasteiger partial charge in [-0.15, -0.1) is 12.6 Å². The van der Waals surface area contributed by atoms with Crippen molar-refractivity contribution in [1.29, 1.82) is 5.26 Å². The van der Waals surface area contributed by atoms with Crippen LogP contribution in [0.4, 0.5) is 0 Å². The summed E-state index contributed by atoms with van der Waals surface area (Å²) >= 11 is 4.03. The molecule has 0 heterocycles. The van der Waals surface area contributed by atoms with Gasteiger partial charge >= 0.3 is 0 Å². The van der Waals surface area contributed by atoms with Crippen LogP contribution in [0, 0.1) is 22.2 Å². The molecule has 0 amide bonds. The lowest BCUT2D eigenvalue weighted by Crippen LogP contribution is -2.27. The molecule has 0 radical (unpaired) electrons. The van der Waals surface area contributed by atoms with E-state index in [0.717, 1.165) is 16.7 Å². The van der Waals surface area contributed by atoms with E-state index in [2.05, 4.69) is 12.6 Å². The highest BCUT2D eigenvalue weighted by Crippen LogP contribution is 2.39. The minimum absolute atomic E-state index is 0.0680. The molecule has 0 fully saturated rings. The van der Waals surface area contributed by atoms with Gasteiger partial charge in [0.1, 0.15) is 6.07 Å². The number of rotatable bonds is 1. The molecule has 118 valence electrons. The lowest BCUT2D eigenvalue weighted by Gasteiger charge is -2.31. The fraction of sp³-hybridized carbons (Fsp3) is 0.444. The second-order valence-corrected chi connectivity index (χ2v) is 7.98. The summed E-state index contributed by atoms with van der Waals surface area (Å²) in [5, 5.41) is 9.31. The molecule has 1 aliphatic rings. The summed E-state index contributed by atoms with van der Waals surface area (Å²) in [6.07, 6.45) is 5.35. The Morgan fingerprint density at radius 1 is 1.14 bits per heavy atom. The van der Waals surface area contributed by atoms with Crippen LogP contribution in [0.25, 0.3) is 0 Å². The maximum Gasteiger partial charge on any atom is 0.186 e. The van der Waals surface area contributed by atoms with Crippen LogP contribution < -0.4 is 5.73 Å². The van der Waals surface area contributed by atoms with Crippen molar-refractivity contribution in [2.45, 2.75) is 41.5 Å². The zero-order chi connectivity index (χ0) is 17.3. The molecule has 4 heteroatoms. The third kappa shape index (κ3) is 4.14. The van der Waals surface area contributed by atoms with Crippen LogP contribution in [0.5, 0.6) is 0 Å². The molecule has 1 aliphatic carbocycles. The molecule has 3 nitrogen and oxygen atoms in total. The quantitative estimate of drug-likeness (QED) is 0.566. The number of hydrogen-bond donors (Lipinski definition) is 2. The van der Waals surface area contributed by atoms with Crippen LogP contribution >= 0.6 is 12.6 Å². The normalized spacial score (nSPS) is 17.4. The lowest BCUT2D eigenvalue weighted by atomic mass is 9.72. The highest BCUT2D eigenvalue weighted by molar-refractivity contribution is 7.84. The molecule has 0 aliphatic heterocycles. The number of carbonyl (C=O) groups excluding carboxylic acids is 1. The summed E-state index contributed by atoms with van der Waals surface area (Å²) in [5.74, 6) is 0.0680. The molecule has 0 unspecified atom stereocenters. The third-order valence-corrected chi connectivity index (χ3v) is 3.68. The Kier molecular flexibility index (Phi) is 5.14. The van der Waals surface area contributed by atoms with Crippen molar-refractivity contribution in [3.05, 3.63) is 45.5 Å². The van der Waals surface area contributed by atoms with E-state index in [9.17, 15) is 4.79 Å². The van der Waals surface area contributed by atoms with E-state index < -0.39 is 0 Å². The van der Waals surface area contributed by atoms with E-state index >= 15 is 0 Å². The molecular formula is C18H24N2OS. The molecule has 0 aromatic carbocycles. The Morgan fingerprint density at radius 2 is 1.55 bits per heavy atom. The summed E-state index contributed by atoms with van der Waals surface area (Å²) < 4.78 is 0. The van der Waals surface area contributed by atoms with Gasteiger partial charge < -0.3 is 5.73 Å². The number of ketones is 1. The van der Waals surface area contributed by atoms with E-state index in [1.807, 2.05) is 59.8 Å². The van der Waals surface area contributed by atoms with Gasteiger partial charge in [-0.25, -0.2) is 0 Å². The Morgan fingerprint density at radius 3 is 1.82 bits per heavy atom. The molecule has 0 saturated carbocycles. The summed E-state index contributed by atoms with van der Waals surface area (Å²) in [7, 11) is 0.